The number of ether oxygens (including phenoxy) is 1. The monoisotopic (exact) mass is 202 g/mol. The Morgan fingerprint density at radius 1 is 1.00 bits per heavy atom. The smallest absolute Gasteiger partial charge is 0.224 e. The van der Waals surface area contributed by atoms with Gasteiger partial charge in [0.1, 0.15) is 17.9 Å². The second-order valence-corrected chi connectivity index (χ2v) is 2.95. The van der Waals surface area contributed by atoms with E-state index in [2.05, 4.69) is 9.97 Å². The first-order valence-electron chi connectivity index (χ1n) is 4.35. The molecule has 0 spiro atoms. The highest BCUT2D eigenvalue weighted by Crippen LogP contribution is 2.20. The van der Waals surface area contributed by atoms with Crippen LogP contribution in [0.2, 0.25) is 0 Å². The standard InChI is InChI=1S/C10H10N4O/c11-7-1-3-8(4-2-7)15-10-5-9(12)13-6-14-10/h1-6H,11H2,(H2,12,13,14). The third-order valence-corrected chi connectivity index (χ3v) is 1.77. The molecule has 0 unspecified atom stereocenters. The molecule has 0 aliphatic carbocycles. The van der Waals surface area contributed by atoms with E-state index in [1.807, 2.05) is 0 Å². The van der Waals surface area contributed by atoms with Crippen molar-refractivity contribution in [1.82, 2.24) is 9.97 Å². The maximum atomic E-state index is 5.54. The van der Waals surface area contributed by atoms with E-state index in [1.165, 1.54) is 6.33 Å². The van der Waals surface area contributed by atoms with E-state index < -0.39 is 0 Å². The Hall–Kier alpha value is -2.30. The molecule has 0 bridgehead atoms. The summed E-state index contributed by atoms with van der Waals surface area (Å²) in [6, 6.07) is 8.57. The van der Waals surface area contributed by atoms with Gasteiger partial charge >= 0.3 is 0 Å². The largest absolute Gasteiger partial charge is 0.439 e. The van der Waals surface area contributed by atoms with E-state index in [9.17, 15) is 0 Å². The summed E-state index contributed by atoms with van der Waals surface area (Å²) < 4.78 is 5.43. The summed E-state index contributed by atoms with van der Waals surface area (Å²) in [4.78, 5) is 7.67. The summed E-state index contributed by atoms with van der Waals surface area (Å²) in [5.74, 6) is 1.44. The van der Waals surface area contributed by atoms with Crippen molar-refractivity contribution in [2.24, 2.45) is 0 Å². The minimum atomic E-state index is 0.371. The van der Waals surface area contributed by atoms with Gasteiger partial charge in [0.15, 0.2) is 0 Å². The SMILES string of the molecule is Nc1ccc(Oc2cc(N)ncn2)cc1. The van der Waals surface area contributed by atoms with Crippen LogP contribution in [0.4, 0.5) is 11.5 Å². The first-order valence-corrected chi connectivity index (χ1v) is 4.35. The Morgan fingerprint density at radius 3 is 2.40 bits per heavy atom. The highest BCUT2D eigenvalue weighted by molar-refractivity contribution is 5.43. The number of nitrogens with two attached hydrogens (primary N) is 2. The molecule has 0 saturated heterocycles. The van der Waals surface area contributed by atoms with Crippen LogP contribution >= 0.6 is 0 Å². The molecular formula is C10H10N4O. The summed E-state index contributed by atoms with van der Waals surface area (Å²) >= 11 is 0. The maximum absolute atomic E-state index is 5.54. The Kier molecular flexibility index (Phi) is 2.37. The fourth-order valence-corrected chi connectivity index (χ4v) is 1.07. The first-order chi connectivity index (χ1) is 7.24. The summed E-state index contributed by atoms with van der Waals surface area (Å²) in [6.07, 6.45) is 1.35. The predicted molar refractivity (Wildman–Crippen MR) is 57.4 cm³/mol. The van der Waals surface area contributed by atoms with Crippen molar-refractivity contribution in [3.63, 3.8) is 0 Å². The predicted octanol–water partition coefficient (Wildman–Crippen LogP) is 1.43. The lowest BCUT2D eigenvalue weighted by atomic mass is 10.3. The highest BCUT2D eigenvalue weighted by atomic mass is 16.5. The van der Waals surface area contributed by atoms with E-state index in [1.54, 1.807) is 30.3 Å². The molecule has 15 heavy (non-hydrogen) atoms. The molecule has 76 valence electrons. The van der Waals surface area contributed by atoms with Crippen LogP contribution in [0, 0.1) is 0 Å². The van der Waals surface area contributed by atoms with Gasteiger partial charge < -0.3 is 16.2 Å². The van der Waals surface area contributed by atoms with Crippen molar-refractivity contribution in [2.45, 2.75) is 0 Å². The fourth-order valence-electron chi connectivity index (χ4n) is 1.07. The first kappa shape index (κ1) is 9.26. The zero-order chi connectivity index (χ0) is 10.7. The Labute approximate surface area is 86.7 Å². The molecule has 5 nitrogen and oxygen atoms in total. The summed E-state index contributed by atoms with van der Waals surface area (Å²) in [7, 11) is 0. The molecule has 0 radical (unpaired) electrons. The van der Waals surface area contributed by atoms with Gasteiger partial charge in [-0.1, -0.05) is 0 Å². The van der Waals surface area contributed by atoms with Gasteiger partial charge in [0.2, 0.25) is 5.88 Å². The number of nitrogens with zero attached hydrogens (tertiary/aromatic N) is 2. The third-order valence-electron chi connectivity index (χ3n) is 1.77. The van der Waals surface area contributed by atoms with Crippen LogP contribution in [0.1, 0.15) is 0 Å². The van der Waals surface area contributed by atoms with Gasteiger partial charge in [-0.2, -0.15) is 0 Å². The van der Waals surface area contributed by atoms with Crippen molar-refractivity contribution < 1.29 is 4.74 Å². The van der Waals surface area contributed by atoms with Crippen LogP contribution in [0.15, 0.2) is 36.7 Å². The maximum Gasteiger partial charge on any atom is 0.224 e. The summed E-state index contributed by atoms with van der Waals surface area (Å²) in [5, 5.41) is 0. The fraction of sp³-hybridized carbons (Fsp3) is 0. The minimum Gasteiger partial charge on any atom is -0.439 e. The van der Waals surface area contributed by atoms with Gasteiger partial charge in [-0.05, 0) is 24.3 Å². The van der Waals surface area contributed by atoms with Crippen LogP contribution in [-0.2, 0) is 0 Å². The lowest BCUT2D eigenvalue weighted by molar-refractivity contribution is 0.462. The molecule has 2 aromatic rings. The molecule has 0 atom stereocenters. The Bertz CT molecular complexity index is 455. The van der Waals surface area contributed by atoms with E-state index in [-0.39, 0.29) is 0 Å². The molecule has 0 aliphatic rings. The Balaban J connectivity index is 2.18. The van der Waals surface area contributed by atoms with Crippen LogP contribution in [0.3, 0.4) is 0 Å². The van der Waals surface area contributed by atoms with Gasteiger partial charge in [-0.25, -0.2) is 9.97 Å². The van der Waals surface area contributed by atoms with E-state index in [4.69, 9.17) is 16.2 Å². The van der Waals surface area contributed by atoms with Crippen LogP contribution in [0.25, 0.3) is 0 Å². The molecule has 0 aliphatic heterocycles. The Morgan fingerprint density at radius 2 is 1.73 bits per heavy atom. The van der Waals surface area contributed by atoms with Crippen molar-refractivity contribution in [1.29, 1.82) is 0 Å². The van der Waals surface area contributed by atoms with Crippen LogP contribution in [0.5, 0.6) is 11.6 Å². The van der Waals surface area contributed by atoms with Gasteiger partial charge in [-0.3, -0.25) is 0 Å². The van der Waals surface area contributed by atoms with Crippen molar-refractivity contribution in [3.8, 4) is 11.6 Å². The zero-order valence-electron chi connectivity index (χ0n) is 7.92. The number of rotatable bonds is 2. The number of aromatic nitrogens is 2. The molecule has 1 aromatic carbocycles. The van der Waals surface area contributed by atoms with Crippen molar-refractivity contribution in [3.05, 3.63) is 36.7 Å². The molecule has 1 aromatic heterocycles. The molecular weight excluding hydrogens is 192 g/mol. The average Bonchev–Trinajstić information content (AvgIpc) is 2.22. The number of hydrogen-bond donors (Lipinski definition) is 2. The van der Waals surface area contributed by atoms with Gasteiger partial charge in [-0.15, -0.1) is 0 Å². The number of benzene rings is 1. The van der Waals surface area contributed by atoms with E-state index in [0.717, 1.165) is 0 Å². The number of nitrogen functional groups attached to an aromatic ring is 2. The molecule has 2 rings (SSSR count). The van der Waals surface area contributed by atoms with E-state index in [0.29, 0.717) is 23.1 Å². The molecule has 0 fully saturated rings. The quantitative estimate of drug-likeness (QED) is 0.719. The summed E-state index contributed by atoms with van der Waals surface area (Å²) in [5.41, 5.74) is 11.7. The second kappa shape index (κ2) is 3.83. The molecule has 0 amide bonds. The van der Waals surface area contributed by atoms with Gasteiger partial charge in [0, 0.05) is 11.8 Å². The summed E-state index contributed by atoms with van der Waals surface area (Å²) in [6.45, 7) is 0. The van der Waals surface area contributed by atoms with Gasteiger partial charge in [0.25, 0.3) is 0 Å². The molecule has 5 heteroatoms. The minimum absolute atomic E-state index is 0.371. The molecule has 0 saturated carbocycles. The second-order valence-electron chi connectivity index (χ2n) is 2.95. The third kappa shape index (κ3) is 2.34. The number of anilines is 2. The molecule has 1 heterocycles. The number of hydrogen-bond acceptors (Lipinski definition) is 5. The van der Waals surface area contributed by atoms with Crippen molar-refractivity contribution in [2.75, 3.05) is 11.5 Å². The highest BCUT2D eigenvalue weighted by Gasteiger charge is 1.98. The van der Waals surface area contributed by atoms with Crippen molar-refractivity contribution >= 4 is 11.5 Å². The molecule has 4 N–H and O–H groups in total. The lowest BCUT2D eigenvalue weighted by Crippen LogP contribution is -1.93. The van der Waals surface area contributed by atoms with E-state index >= 15 is 0 Å². The van der Waals surface area contributed by atoms with Crippen LogP contribution in [-0.4, -0.2) is 9.97 Å². The lowest BCUT2D eigenvalue weighted by Gasteiger charge is -2.04. The van der Waals surface area contributed by atoms with Crippen LogP contribution < -0.4 is 16.2 Å². The van der Waals surface area contributed by atoms with Gasteiger partial charge in [0.05, 0.1) is 0 Å². The zero-order valence-corrected chi connectivity index (χ0v) is 7.92. The normalized spacial score (nSPS) is 9.87. The average molecular weight is 202 g/mol. The topological polar surface area (TPSA) is 87.0 Å².